The topological polar surface area (TPSA) is 6.48 Å². The average Bonchev–Trinajstić information content (AvgIpc) is 3.10. The molecule has 0 heterocycles. The summed E-state index contributed by atoms with van der Waals surface area (Å²) in [7, 11) is 0. The summed E-state index contributed by atoms with van der Waals surface area (Å²) in [6.07, 6.45) is 11.4. The maximum Gasteiger partial charge on any atom is 0.0687 e. The van der Waals surface area contributed by atoms with Crippen LogP contribution in [0.2, 0.25) is 0 Å². The summed E-state index contributed by atoms with van der Waals surface area (Å²) in [5.74, 6) is 0. The van der Waals surface area contributed by atoms with Crippen molar-refractivity contribution in [3.05, 3.63) is 0 Å². The summed E-state index contributed by atoms with van der Waals surface area (Å²) in [5, 5.41) is 1.18. The summed E-state index contributed by atoms with van der Waals surface area (Å²) >= 11 is 4.17. The molecule has 2 saturated carbocycles. The van der Waals surface area contributed by atoms with Gasteiger partial charge in [-0.1, -0.05) is 49.6 Å². The molecule has 4 heteroatoms. The molecule has 0 aliphatic heterocycles. The molecule has 2 fully saturated rings. The minimum absolute atomic E-state index is 0.665. The molecular weight excluding hydrogens is 296 g/mol. The first kappa shape index (κ1) is 18.0. The van der Waals surface area contributed by atoms with Gasteiger partial charge in [-0.3, -0.25) is 0 Å². The lowest BCUT2D eigenvalue weighted by Gasteiger charge is -2.34. The molecule has 0 saturated heterocycles. The Bertz CT molecular complexity index is 257. The van der Waals surface area contributed by atoms with Gasteiger partial charge in [0.05, 0.1) is 5.08 Å². The highest BCUT2D eigenvalue weighted by molar-refractivity contribution is 8.13. The largest absolute Gasteiger partial charge is 0.244 e. The zero-order valence-electron chi connectivity index (χ0n) is 14.4. The number of hydrogen-bond acceptors (Lipinski definition) is 4. The van der Waals surface area contributed by atoms with Gasteiger partial charge in [0.15, 0.2) is 0 Å². The van der Waals surface area contributed by atoms with Crippen molar-refractivity contribution in [2.45, 2.75) is 103 Å². The second kappa shape index (κ2) is 9.05. The second-order valence-electron chi connectivity index (χ2n) is 7.16. The molecule has 0 bridgehead atoms. The molecule has 124 valence electrons. The smallest absolute Gasteiger partial charge is 0.0687 e. The molecule has 0 radical (unpaired) electrons. The Labute approximate surface area is 141 Å². The lowest BCUT2D eigenvalue weighted by Crippen LogP contribution is -2.35. The van der Waals surface area contributed by atoms with Gasteiger partial charge < -0.3 is 0 Å². The van der Waals surface area contributed by atoms with Gasteiger partial charge in [-0.15, -0.1) is 0 Å². The van der Waals surface area contributed by atoms with Crippen molar-refractivity contribution >= 4 is 23.9 Å². The van der Waals surface area contributed by atoms with Gasteiger partial charge in [-0.25, -0.2) is 8.61 Å². The van der Waals surface area contributed by atoms with Gasteiger partial charge in [-0.05, 0) is 53.4 Å². The Morgan fingerprint density at radius 1 is 0.714 bits per heavy atom. The zero-order chi connectivity index (χ0) is 15.2. The van der Waals surface area contributed by atoms with E-state index in [1.165, 1.54) is 56.5 Å². The van der Waals surface area contributed by atoms with Gasteiger partial charge in [-0.2, -0.15) is 0 Å². The molecule has 0 aromatic rings. The van der Waals surface area contributed by atoms with E-state index in [-0.39, 0.29) is 0 Å². The summed E-state index contributed by atoms with van der Waals surface area (Å²) in [6, 6.07) is 2.99. The van der Waals surface area contributed by atoms with E-state index < -0.39 is 0 Å². The predicted octanol–water partition coefficient (Wildman–Crippen LogP) is 5.55. The van der Waals surface area contributed by atoms with Gasteiger partial charge in [0.1, 0.15) is 0 Å². The monoisotopic (exact) mass is 330 g/mol. The van der Waals surface area contributed by atoms with Crippen molar-refractivity contribution < 1.29 is 0 Å². The third-order valence-electron chi connectivity index (χ3n) is 4.79. The van der Waals surface area contributed by atoms with Crippen molar-refractivity contribution in [3.63, 3.8) is 0 Å². The molecule has 2 aliphatic carbocycles. The summed E-state index contributed by atoms with van der Waals surface area (Å²) in [4.78, 5) is 0. The van der Waals surface area contributed by atoms with E-state index in [1.54, 1.807) is 0 Å². The molecule has 21 heavy (non-hydrogen) atoms. The molecule has 0 unspecified atom stereocenters. The van der Waals surface area contributed by atoms with Crippen LogP contribution in [0.4, 0.5) is 0 Å². The highest BCUT2D eigenvalue weighted by Crippen LogP contribution is 2.35. The number of nitrogens with zero attached hydrogens (tertiary/aromatic N) is 2. The van der Waals surface area contributed by atoms with E-state index in [1.807, 2.05) is 0 Å². The van der Waals surface area contributed by atoms with E-state index >= 15 is 0 Å². The Morgan fingerprint density at radius 2 is 1.05 bits per heavy atom. The van der Waals surface area contributed by atoms with Crippen molar-refractivity contribution in [1.82, 2.24) is 8.61 Å². The van der Waals surface area contributed by atoms with E-state index in [2.05, 4.69) is 60.2 Å². The van der Waals surface area contributed by atoms with Gasteiger partial charge in [0.25, 0.3) is 0 Å². The Hall–Kier alpha value is 0.620. The Kier molecular flexibility index (Phi) is 7.74. The van der Waals surface area contributed by atoms with Gasteiger partial charge in [0, 0.05) is 24.2 Å². The molecular formula is C17H34N2S2. The van der Waals surface area contributed by atoms with Crippen LogP contribution in [0.5, 0.6) is 0 Å². The maximum atomic E-state index is 2.69. The molecule has 0 aromatic carbocycles. The second-order valence-corrected chi connectivity index (χ2v) is 9.46. The van der Waals surface area contributed by atoms with Crippen LogP contribution < -0.4 is 0 Å². The average molecular weight is 331 g/mol. The van der Waals surface area contributed by atoms with Crippen molar-refractivity contribution in [3.8, 4) is 0 Å². The minimum atomic E-state index is 0.665. The van der Waals surface area contributed by atoms with Crippen molar-refractivity contribution in [1.29, 1.82) is 0 Å². The van der Waals surface area contributed by atoms with E-state index in [9.17, 15) is 0 Å². The van der Waals surface area contributed by atoms with Crippen molar-refractivity contribution in [2.24, 2.45) is 0 Å². The van der Waals surface area contributed by atoms with Crippen LogP contribution in [0.3, 0.4) is 0 Å². The summed E-state index contributed by atoms with van der Waals surface area (Å²) in [6.45, 7) is 9.42. The van der Waals surface area contributed by atoms with E-state index in [0.717, 1.165) is 12.1 Å². The van der Waals surface area contributed by atoms with Gasteiger partial charge >= 0.3 is 0 Å². The molecule has 0 aromatic heterocycles. The molecule has 0 N–H and O–H groups in total. The predicted molar refractivity (Wildman–Crippen MR) is 98.5 cm³/mol. The first-order valence-electron chi connectivity index (χ1n) is 8.92. The summed E-state index contributed by atoms with van der Waals surface area (Å²) < 4.78 is 5.38. The van der Waals surface area contributed by atoms with Crippen molar-refractivity contribution in [2.75, 3.05) is 5.08 Å². The van der Waals surface area contributed by atoms with Crippen LogP contribution >= 0.6 is 23.9 Å². The van der Waals surface area contributed by atoms with E-state index in [0.29, 0.717) is 12.1 Å². The summed E-state index contributed by atoms with van der Waals surface area (Å²) in [5.41, 5.74) is 0. The highest BCUT2D eigenvalue weighted by Gasteiger charge is 2.27. The van der Waals surface area contributed by atoms with Crippen LogP contribution in [-0.4, -0.2) is 37.9 Å². The van der Waals surface area contributed by atoms with E-state index in [4.69, 9.17) is 0 Å². The zero-order valence-corrected chi connectivity index (χ0v) is 16.0. The molecule has 2 nitrogen and oxygen atoms in total. The molecule has 0 spiro atoms. The maximum absolute atomic E-state index is 2.69. The highest BCUT2D eigenvalue weighted by atomic mass is 32.2. The fourth-order valence-electron chi connectivity index (χ4n) is 3.82. The third-order valence-corrected chi connectivity index (χ3v) is 7.67. The molecule has 2 aliphatic rings. The molecule has 0 atom stereocenters. The Balaban J connectivity index is 1.79. The van der Waals surface area contributed by atoms with Gasteiger partial charge in [0.2, 0.25) is 0 Å². The third kappa shape index (κ3) is 5.33. The minimum Gasteiger partial charge on any atom is -0.244 e. The lowest BCUT2D eigenvalue weighted by atomic mass is 10.2. The first-order chi connectivity index (χ1) is 10.1. The lowest BCUT2D eigenvalue weighted by molar-refractivity contribution is 0.301. The number of rotatable bonds is 8. The van der Waals surface area contributed by atoms with Crippen LogP contribution in [0.25, 0.3) is 0 Å². The molecule has 0 amide bonds. The quantitative estimate of drug-likeness (QED) is 0.425. The van der Waals surface area contributed by atoms with Crippen LogP contribution in [0.1, 0.15) is 79.1 Å². The van der Waals surface area contributed by atoms with Crippen LogP contribution in [0.15, 0.2) is 0 Å². The molecule has 2 rings (SSSR count). The first-order valence-corrected chi connectivity index (χ1v) is 10.8. The fourth-order valence-corrected chi connectivity index (χ4v) is 6.42. The Morgan fingerprint density at radius 3 is 1.33 bits per heavy atom. The fraction of sp³-hybridized carbons (Fsp3) is 1.00. The van der Waals surface area contributed by atoms with Crippen LogP contribution in [-0.2, 0) is 0 Å². The number of hydrogen-bond donors (Lipinski definition) is 0. The normalized spacial score (nSPS) is 21.7. The SMILES string of the molecule is CC(C)N(SCSN(C(C)C)C1CCCC1)C1CCCC1. The van der Waals surface area contributed by atoms with Crippen LogP contribution in [0, 0.1) is 0 Å². The standard InChI is InChI=1S/C17H34N2S2/c1-14(2)18(16-9-5-6-10-16)20-13-21-19(15(3)4)17-11-7-8-12-17/h14-17H,5-13H2,1-4H3.